The summed E-state index contributed by atoms with van der Waals surface area (Å²) in [7, 11) is 0. The van der Waals surface area contributed by atoms with Crippen LogP contribution in [0.1, 0.15) is 11.3 Å². The lowest BCUT2D eigenvalue weighted by Gasteiger charge is -2.09. The average Bonchev–Trinajstić information content (AvgIpc) is 2.80. The molecule has 10 heteroatoms. The number of halogens is 6. The first-order valence-corrected chi connectivity index (χ1v) is 5.63. The Kier molecular flexibility index (Phi) is 3.63. The Morgan fingerprint density at radius 1 is 0.955 bits per heavy atom. The third kappa shape index (κ3) is 2.76. The number of rotatable bonds is 2. The zero-order valence-corrected chi connectivity index (χ0v) is 10.4. The summed E-state index contributed by atoms with van der Waals surface area (Å²) in [6.45, 7) is 0. The summed E-state index contributed by atoms with van der Waals surface area (Å²) in [4.78, 5) is 11.0. The van der Waals surface area contributed by atoms with Crippen molar-refractivity contribution < 1.29 is 31.3 Å². The predicted octanol–water partition coefficient (Wildman–Crippen LogP) is 4.63. The molecule has 118 valence electrons. The van der Waals surface area contributed by atoms with Gasteiger partial charge in [-0.2, -0.15) is 26.3 Å². The summed E-state index contributed by atoms with van der Waals surface area (Å²) >= 11 is 0. The summed E-state index contributed by atoms with van der Waals surface area (Å²) in [6, 6.07) is 6.47. The molecule has 1 heterocycles. The number of alkyl halides is 6. The highest BCUT2D eigenvalue weighted by Gasteiger charge is 2.52. The molecule has 0 fully saturated rings. The van der Waals surface area contributed by atoms with E-state index in [1.807, 2.05) is 0 Å². The van der Waals surface area contributed by atoms with E-state index in [1.165, 1.54) is 35.3 Å². The summed E-state index contributed by atoms with van der Waals surface area (Å²) in [5, 5.41) is 10.9. The second-order valence-electron chi connectivity index (χ2n) is 4.22. The van der Waals surface area contributed by atoms with Crippen molar-refractivity contribution in [2.24, 2.45) is 0 Å². The fourth-order valence-electron chi connectivity index (χ4n) is 1.97. The number of H-pyrrole nitrogens is 1. The van der Waals surface area contributed by atoms with E-state index in [4.69, 9.17) is 0 Å². The van der Waals surface area contributed by atoms with Gasteiger partial charge >= 0.3 is 18.0 Å². The molecule has 2 aromatic rings. The largest absolute Gasteiger partial charge is 0.432 e. The van der Waals surface area contributed by atoms with E-state index in [1.54, 1.807) is 0 Å². The molecule has 0 aliphatic heterocycles. The molecule has 0 saturated carbocycles. The number of aromatic nitrogens is 1. The quantitative estimate of drug-likeness (QED) is 0.497. The Balaban J connectivity index is 2.87. The number of nitrogens with zero attached hydrogens (tertiary/aromatic N) is 1. The van der Waals surface area contributed by atoms with Crippen LogP contribution < -0.4 is 0 Å². The van der Waals surface area contributed by atoms with Crippen LogP contribution in [0.2, 0.25) is 0 Å². The maximum atomic E-state index is 12.9. The van der Waals surface area contributed by atoms with Crippen LogP contribution in [0.15, 0.2) is 30.3 Å². The lowest BCUT2D eigenvalue weighted by Crippen LogP contribution is -2.16. The van der Waals surface area contributed by atoms with Crippen LogP contribution in [0.3, 0.4) is 0 Å². The molecule has 0 aliphatic rings. The van der Waals surface area contributed by atoms with Crippen LogP contribution in [-0.4, -0.2) is 9.91 Å². The summed E-state index contributed by atoms with van der Waals surface area (Å²) in [5.74, 6) is 0. The zero-order valence-electron chi connectivity index (χ0n) is 10.4. The minimum absolute atomic E-state index is 0.157. The van der Waals surface area contributed by atoms with Gasteiger partial charge in [0.05, 0.1) is 4.92 Å². The van der Waals surface area contributed by atoms with E-state index < -0.39 is 39.9 Å². The monoisotopic (exact) mass is 324 g/mol. The van der Waals surface area contributed by atoms with Gasteiger partial charge < -0.3 is 4.98 Å². The highest BCUT2D eigenvalue weighted by Crippen LogP contribution is 2.48. The first-order valence-electron chi connectivity index (χ1n) is 5.63. The highest BCUT2D eigenvalue weighted by molar-refractivity contribution is 5.74. The second kappa shape index (κ2) is 5.04. The number of aromatic amines is 1. The van der Waals surface area contributed by atoms with Gasteiger partial charge in [0, 0.05) is 5.56 Å². The SMILES string of the molecule is O=[N+]([O-])c1c(-c2ccccc2)[nH]c(C(F)(F)F)c1C(F)(F)F. The van der Waals surface area contributed by atoms with Gasteiger partial charge in [0.1, 0.15) is 11.4 Å². The summed E-state index contributed by atoms with van der Waals surface area (Å²) in [5.41, 5.74) is -7.17. The van der Waals surface area contributed by atoms with Crippen molar-refractivity contribution in [2.75, 3.05) is 0 Å². The minimum Gasteiger partial charge on any atom is -0.345 e. The van der Waals surface area contributed by atoms with E-state index in [9.17, 15) is 36.5 Å². The molecule has 1 aromatic carbocycles. The van der Waals surface area contributed by atoms with Crippen molar-refractivity contribution >= 4 is 5.69 Å². The van der Waals surface area contributed by atoms with Crippen molar-refractivity contribution in [2.45, 2.75) is 12.4 Å². The molecular formula is C12H6F6N2O2. The first-order chi connectivity index (χ1) is 10.0. The summed E-state index contributed by atoms with van der Waals surface area (Å²) in [6.07, 6.45) is -10.9. The molecule has 0 unspecified atom stereocenters. The molecule has 0 saturated heterocycles. The lowest BCUT2D eigenvalue weighted by atomic mass is 10.1. The topological polar surface area (TPSA) is 58.9 Å². The third-order valence-electron chi connectivity index (χ3n) is 2.79. The van der Waals surface area contributed by atoms with E-state index in [0.29, 0.717) is 0 Å². The number of nitro groups is 1. The van der Waals surface area contributed by atoms with Gasteiger partial charge in [-0.25, -0.2) is 0 Å². The normalized spacial score (nSPS) is 12.5. The lowest BCUT2D eigenvalue weighted by molar-refractivity contribution is -0.387. The first kappa shape index (κ1) is 15.9. The van der Waals surface area contributed by atoms with Crippen molar-refractivity contribution in [3.63, 3.8) is 0 Å². The molecule has 0 amide bonds. The van der Waals surface area contributed by atoms with E-state index in [-0.39, 0.29) is 5.56 Å². The molecule has 0 spiro atoms. The molecule has 1 aromatic heterocycles. The van der Waals surface area contributed by atoms with Gasteiger partial charge in [-0.15, -0.1) is 0 Å². The van der Waals surface area contributed by atoms with Crippen molar-refractivity contribution in [3.05, 3.63) is 51.7 Å². The van der Waals surface area contributed by atoms with Gasteiger partial charge in [-0.1, -0.05) is 30.3 Å². The zero-order chi connectivity index (χ0) is 16.7. The number of nitrogens with one attached hydrogen (secondary N) is 1. The molecule has 22 heavy (non-hydrogen) atoms. The van der Waals surface area contributed by atoms with Crippen LogP contribution in [0, 0.1) is 10.1 Å². The van der Waals surface area contributed by atoms with Crippen LogP contribution in [0.5, 0.6) is 0 Å². The molecule has 0 atom stereocenters. The molecule has 2 rings (SSSR count). The third-order valence-corrected chi connectivity index (χ3v) is 2.79. The van der Waals surface area contributed by atoms with Gasteiger partial charge in [0.15, 0.2) is 5.56 Å². The van der Waals surface area contributed by atoms with Crippen molar-refractivity contribution in [3.8, 4) is 11.3 Å². The van der Waals surface area contributed by atoms with Crippen LogP contribution in [-0.2, 0) is 12.4 Å². The molecular weight excluding hydrogens is 318 g/mol. The molecule has 0 aliphatic carbocycles. The fraction of sp³-hybridized carbons (Fsp3) is 0.167. The Morgan fingerprint density at radius 3 is 1.91 bits per heavy atom. The van der Waals surface area contributed by atoms with E-state index in [0.717, 1.165) is 0 Å². The van der Waals surface area contributed by atoms with Gasteiger partial charge in [-0.05, 0) is 0 Å². The molecule has 0 bridgehead atoms. The molecule has 0 radical (unpaired) electrons. The number of benzene rings is 1. The Hall–Kier alpha value is -2.52. The maximum Gasteiger partial charge on any atom is 0.432 e. The Morgan fingerprint density at radius 2 is 1.50 bits per heavy atom. The van der Waals surface area contributed by atoms with Crippen LogP contribution in [0.25, 0.3) is 11.3 Å². The molecule has 4 nitrogen and oxygen atoms in total. The maximum absolute atomic E-state index is 12.9. The Labute approximate surface area is 118 Å². The number of hydrogen-bond donors (Lipinski definition) is 1. The van der Waals surface area contributed by atoms with Crippen LogP contribution in [0.4, 0.5) is 32.0 Å². The summed E-state index contributed by atoms with van der Waals surface area (Å²) < 4.78 is 77.1. The predicted molar refractivity (Wildman–Crippen MR) is 62.9 cm³/mol. The minimum atomic E-state index is -5.53. The second-order valence-corrected chi connectivity index (χ2v) is 4.22. The standard InChI is InChI=1S/C12H6F6N2O2/c13-11(14,15)7-9(20(21)22)8(6-4-2-1-3-5-6)19-10(7)12(16,17)18/h1-5,19H. The van der Waals surface area contributed by atoms with Crippen molar-refractivity contribution in [1.82, 2.24) is 4.98 Å². The van der Waals surface area contributed by atoms with Crippen molar-refractivity contribution in [1.29, 1.82) is 0 Å². The molecule has 1 N–H and O–H groups in total. The number of hydrogen-bond acceptors (Lipinski definition) is 2. The van der Waals surface area contributed by atoms with Crippen LogP contribution >= 0.6 is 0 Å². The highest BCUT2D eigenvalue weighted by atomic mass is 19.4. The van der Waals surface area contributed by atoms with Gasteiger partial charge in [-0.3, -0.25) is 10.1 Å². The van der Waals surface area contributed by atoms with Gasteiger partial charge in [0.25, 0.3) is 0 Å². The van der Waals surface area contributed by atoms with E-state index in [2.05, 4.69) is 0 Å². The Bertz CT molecular complexity index is 703. The fourth-order valence-corrected chi connectivity index (χ4v) is 1.97. The average molecular weight is 324 g/mol. The smallest absolute Gasteiger partial charge is 0.345 e. The van der Waals surface area contributed by atoms with Gasteiger partial charge in [0.2, 0.25) is 0 Å². The van der Waals surface area contributed by atoms with E-state index >= 15 is 0 Å².